The average Bonchev–Trinajstić information content (AvgIpc) is 3.13. The predicted molar refractivity (Wildman–Crippen MR) is 121 cm³/mol. The van der Waals surface area contributed by atoms with Gasteiger partial charge in [0, 0.05) is 42.9 Å². The molecule has 3 rings (SSSR count). The molecule has 6 heteroatoms. The molecule has 0 heterocycles. The van der Waals surface area contributed by atoms with E-state index in [2.05, 4.69) is 28.1 Å². The third-order valence-electron chi connectivity index (χ3n) is 5.50. The fraction of sp³-hybridized carbons (Fsp3) is 0.417. The van der Waals surface area contributed by atoms with E-state index in [4.69, 9.17) is 11.6 Å². The molecular weight excluding hydrogens is 398 g/mol. The highest BCUT2D eigenvalue weighted by atomic mass is 35.5. The molecule has 0 aliphatic heterocycles. The number of carbonyl (C=O) groups excluding carboxylic acids is 2. The van der Waals surface area contributed by atoms with Gasteiger partial charge < -0.3 is 16.0 Å². The third kappa shape index (κ3) is 6.57. The number of rotatable bonds is 10. The molecule has 0 fully saturated rings. The number of hydrogen-bond donors (Lipinski definition) is 3. The fourth-order valence-corrected chi connectivity index (χ4v) is 4.10. The molecule has 0 bridgehead atoms. The Morgan fingerprint density at radius 1 is 0.967 bits per heavy atom. The summed E-state index contributed by atoms with van der Waals surface area (Å²) in [5.74, 6) is -0.257. The molecule has 160 valence electrons. The highest BCUT2D eigenvalue weighted by Gasteiger charge is 2.25. The van der Waals surface area contributed by atoms with Gasteiger partial charge >= 0.3 is 0 Å². The Balaban J connectivity index is 1.58. The maximum Gasteiger partial charge on any atom is 0.220 e. The van der Waals surface area contributed by atoms with E-state index in [9.17, 15) is 9.59 Å². The average molecular weight is 428 g/mol. The SMILES string of the molecule is CCNCCNC(=O)CC(CC(=O)NC1Cc2ccccc2C1)c1ccc(Cl)cc1. The molecule has 1 atom stereocenters. The minimum absolute atomic E-state index is 0.0202. The molecular formula is C24H30ClN3O2. The lowest BCUT2D eigenvalue weighted by atomic mass is 9.91. The lowest BCUT2D eigenvalue weighted by molar-refractivity contribution is -0.123. The summed E-state index contributed by atoms with van der Waals surface area (Å²) < 4.78 is 0. The van der Waals surface area contributed by atoms with Crippen LogP contribution in [0.5, 0.6) is 0 Å². The maximum absolute atomic E-state index is 12.8. The van der Waals surface area contributed by atoms with Gasteiger partial charge in [-0.05, 0) is 48.2 Å². The number of likely N-dealkylation sites (N-methyl/N-ethyl adjacent to an activating group) is 1. The standard InChI is InChI=1S/C24H30ClN3O2/c1-2-26-11-12-27-23(29)15-20(17-7-9-21(25)10-8-17)16-24(30)28-22-13-18-5-3-4-6-19(18)14-22/h3-10,20,22,26H,2,11-16H2,1H3,(H,27,29)(H,28,30). The van der Waals surface area contributed by atoms with Gasteiger partial charge in [0.05, 0.1) is 0 Å². The summed E-state index contributed by atoms with van der Waals surface area (Å²) in [6.07, 6.45) is 2.26. The molecule has 2 amide bonds. The molecule has 1 aliphatic rings. The Bertz CT molecular complexity index is 829. The van der Waals surface area contributed by atoms with Crippen molar-refractivity contribution in [2.45, 2.75) is 44.6 Å². The van der Waals surface area contributed by atoms with Crippen molar-refractivity contribution in [2.75, 3.05) is 19.6 Å². The summed E-state index contributed by atoms with van der Waals surface area (Å²) in [4.78, 5) is 25.2. The molecule has 0 radical (unpaired) electrons. The number of halogens is 1. The van der Waals surface area contributed by atoms with Crippen LogP contribution in [-0.4, -0.2) is 37.5 Å². The molecule has 2 aromatic carbocycles. The van der Waals surface area contributed by atoms with Crippen molar-refractivity contribution in [1.82, 2.24) is 16.0 Å². The Hall–Kier alpha value is -2.37. The zero-order chi connectivity index (χ0) is 21.3. The lowest BCUT2D eigenvalue weighted by Gasteiger charge is -2.19. The minimum atomic E-state index is -0.190. The van der Waals surface area contributed by atoms with Crippen molar-refractivity contribution < 1.29 is 9.59 Å². The van der Waals surface area contributed by atoms with E-state index in [1.165, 1.54) is 11.1 Å². The van der Waals surface area contributed by atoms with Gasteiger partial charge in [-0.25, -0.2) is 0 Å². The normalized spacial score (nSPS) is 14.2. The number of amides is 2. The first-order chi connectivity index (χ1) is 14.5. The molecule has 0 aromatic heterocycles. The smallest absolute Gasteiger partial charge is 0.220 e. The topological polar surface area (TPSA) is 70.2 Å². The van der Waals surface area contributed by atoms with Gasteiger partial charge in [0.15, 0.2) is 0 Å². The van der Waals surface area contributed by atoms with E-state index in [-0.39, 0.29) is 36.6 Å². The number of hydrogen-bond acceptors (Lipinski definition) is 3. The second kappa shape index (κ2) is 11.1. The van der Waals surface area contributed by atoms with Crippen LogP contribution >= 0.6 is 11.6 Å². The summed E-state index contributed by atoms with van der Waals surface area (Å²) in [5, 5.41) is 9.91. The molecule has 30 heavy (non-hydrogen) atoms. The lowest BCUT2D eigenvalue weighted by Crippen LogP contribution is -2.37. The zero-order valence-corrected chi connectivity index (χ0v) is 18.2. The number of benzene rings is 2. The Kier molecular flexibility index (Phi) is 8.29. The van der Waals surface area contributed by atoms with Gasteiger partial charge in [-0.3, -0.25) is 9.59 Å². The second-order valence-electron chi connectivity index (χ2n) is 7.80. The highest BCUT2D eigenvalue weighted by molar-refractivity contribution is 6.30. The van der Waals surface area contributed by atoms with Crippen molar-refractivity contribution in [3.63, 3.8) is 0 Å². The molecule has 0 saturated heterocycles. The van der Waals surface area contributed by atoms with Gasteiger partial charge in [0.2, 0.25) is 11.8 Å². The van der Waals surface area contributed by atoms with Crippen molar-refractivity contribution in [3.8, 4) is 0 Å². The van der Waals surface area contributed by atoms with Gasteiger partial charge in [-0.15, -0.1) is 0 Å². The first kappa shape index (κ1) is 22.3. The summed E-state index contributed by atoms with van der Waals surface area (Å²) in [7, 11) is 0. The van der Waals surface area contributed by atoms with Crippen LogP contribution in [0.15, 0.2) is 48.5 Å². The first-order valence-electron chi connectivity index (χ1n) is 10.6. The van der Waals surface area contributed by atoms with Crippen molar-refractivity contribution in [2.24, 2.45) is 0 Å². The van der Waals surface area contributed by atoms with Crippen LogP contribution in [0, 0.1) is 0 Å². The summed E-state index contributed by atoms with van der Waals surface area (Å²) in [6.45, 7) is 4.21. The van der Waals surface area contributed by atoms with E-state index in [1.54, 1.807) is 12.1 Å². The fourth-order valence-electron chi connectivity index (χ4n) is 3.98. The van der Waals surface area contributed by atoms with Gasteiger partial charge in [0.25, 0.3) is 0 Å². The quantitative estimate of drug-likeness (QED) is 0.510. The van der Waals surface area contributed by atoms with E-state index in [0.29, 0.717) is 11.6 Å². The van der Waals surface area contributed by atoms with E-state index in [1.807, 2.05) is 31.2 Å². The first-order valence-corrected chi connectivity index (χ1v) is 11.0. The van der Waals surface area contributed by atoms with E-state index >= 15 is 0 Å². The molecule has 0 spiro atoms. The maximum atomic E-state index is 12.8. The van der Waals surface area contributed by atoms with Crippen molar-refractivity contribution in [1.29, 1.82) is 0 Å². The van der Waals surface area contributed by atoms with E-state index in [0.717, 1.165) is 31.5 Å². The van der Waals surface area contributed by atoms with Gasteiger partial charge in [-0.1, -0.05) is 54.9 Å². The summed E-state index contributed by atoms with van der Waals surface area (Å²) in [6, 6.07) is 15.8. The summed E-state index contributed by atoms with van der Waals surface area (Å²) in [5.41, 5.74) is 3.56. The van der Waals surface area contributed by atoms with Crippen LogP contribution in [0.2, 0.25) is 5.02 Å². The number of nitrogens with one attached hydrogen (secondary N) is 3. The zero-order valence-electron chi connectivity index (χ0n) is 17.4. The third-order valence-corrected chi connectivity index (χ3v) is 5.75. The summed E-state index contributed by atoms with van der Waals surface area (Å²) >= 11 is 6.02. The van der Waals surface area contributed by atoms with Crippen molar-refractivity contribution >= 4 is 23.4 Å². The van der Waals surface area contributed by atoms with Crippen LogP contribution in [0.25, 0.3) is 0 Å². The van der Waals surface area contributed by atoms with Crippen LogP contribution in [0.1, 0.15) is 42.4 Å². The molecule has 3 N–H and O–H groups in total. The highest BCUT2D eigenvalue weighted by Crippen LogP contribution is 2.26. The predicted octanol–water partition coefficient (Wildman–Crippen LogP) is 3.21. The molecule has 1 unspecified atom stereocenters. The number of fused-ring (bicyclic) bond motifs is 1. The monoisotopic (exact) mass is 427 g/mol. The van der Waals surface area contributed by atoms with Crippen LogP contribution < -0.4 is 16.0 Å². The molecule has 5 nitrogen and oxygen atoms in total. The van der Waals surface area contributed by atoms with E-state index < -0.39 is 0 Å². The Morgan fingerprint density at radius 2 is 1.60 bits per heavy atom. The van der Waals surface area contributed by atoms with Crippen molar-refractivity contribution in [3.05, 3.63) is 70.2 Å². The van der Waals surface area contributed by atoms with Crippen LogP contribution in [0.3, 0.4) is 0 Å². The molecule has 2 aromatic rings. The number of carbonyl (C=O) groups is 2. The van der Waals surface area contributed by atoms with Gasteiger partial charge in [-0.2, -0.15) is 0 Å². The minimum Gasteiger partial charge on any atom is -0.355 e. The molecule has 1 aliphatic carbocycles. The molecule has 0 saturated carbocycles. The largest absolute Gasteiger partial charge is 0.355 e. The Morgan fingerprint density at radius 3 is 2.23 bits per heavy atom. The van der Waals surface area contributed by atoms with Gasteiger partial charge in [0.1, 0.15) is 0 Å². The second-order valence-corrected chi connectivity index (χ2v) is 8.24. The Labute approximate surface area is 183 Å². The van der Waals surface area contributed by atoms with Crippen LogP contribution in [0.4, 0.5) is 0 Å². The van der Waals surface area contributed by atoms with Crippen LogP contribution in [-0.2, 0) is 22.4 Å².